The first-order chi connectivity index (χ1) is 12.3. The van der Waals surface area contributed by atoms with Crippen molar-refractivity contribution in [1.82, 2.24) is 14.8 Å². The van der Waals surface area contributed by atoms with E-state index in [0.29, 0.717) is 24.6 Å². The van der Waals surface area contributed by atoms with Crippen LogP contribution in [-0.2, 0) is 0 Å². The van der Waals surface area contributed by atoms with Crippen molar-refractivity contribution < 1.29 is 9.53 Å². The van der Waals surface area contributed by atoms with Crippen LogP contribution < -0.4 is 9.64 Å². The van der Waals surface area contributed by atoms with Gasteiger partial charge in [0.25, 0.3) is 5.91 Å². The highest BCUT2D eigenvalue weighted by Crippen LogP contribution is 2.24. The van der Waals surface area contributed by atoms with Gasteiger partial charge in [-0.05, 0) is 24.3 Å². The number of halogens is 1. The van der Waals surface area contributed by atoms with Gasteiger partial charge in [0.1, 0.15) is 11.6 Å². The molecule has 0 aliphatic carbocycles. The Morgan fingerprint density at radius 2 is 1.73 bits per heavy atom. The lowest BCUT2D eigenvalue weighted by Crippen LogP contribution is -2.50. The summed E-state index contributed by atoms with van der Waals surface area (Å²) in [6.45, 7) is 5.79. The van der Waals surface area contributed by atoms with Crippen LogP contribution in [0.1, 0.15) is 10.4 Å². The average Bonchev–Trinajstić information content (AvgIpc) is 2.69. The van der Waals surface area contributed by atoms with E-state index in [4.69, 9.17) is 4.74 Å². The number of nitrogens with zero attached hydrogens (tertiary/aromatic N) is 4. The lowest BCUT2D eigenvalue weighted by atomic mass is 10.1. The Balaban J connectivity index is 0.00000196. The van der Waals surface area contributed by atoms with E-state index in [2.05, 4.69) is 20.9 Å². The van der Waals surface area contributed by atoms with Gasteiger partial charge in [-0.1, -0.05) is 18.2 Å². The molecular weight excluding hydrogens is 352 g/mol. The van der Waals surface area contributed by atoms with Crippen molar-refractivity contribution in [3.05, 3.63) is 54.2 Å². The predicted molar refractivity (Wildman–Crippen MR) is 103 cm³/mol. The zero-order chi connectivity index (χ0) is 17.1. The number of ether oxygens (including phenoxy) is 1. The molecule has 6 nitrogen and oxygen atoms in total. The molecule has 0 N–H and O–H groups in total. The van der Waals surface area contributed by atoms with Gasteiger partial charge in [0, 0.05) is 45.5 Å². The number of carbonyl (C=O) groups is 1. The molecule has 138 valence electrons. The molecule has 0 atom stereocenters. The first-order valence-corrected chi connectivity index (χ1v) is 8.71. The maximum atomic E-state index is 12.5. The molecule has 2 aliphatic rings. The van der Waals surface area contributed by atoms with Crippen LogP contribution in [0.3, 0.4) is 0 Å². The minimum atomic E-state index is 0. The second-order valence-corrected chi connectivity index (χ2v) is 6.35. The van der Waals surface area contributed by atoms with E-state index in [9.17, 15) is 4.79 Å². The molecule has 0 radical (unpaired) electrons. The lowest BCUT2D eigenvalue weighted by molar-refractivity contribution is 0.0488. The normalized spacial score (nSPS) is 17.3. The predicted octanol–water partition coefficient (Wildman–Crippen LogP) is 2.12. The minimum Gasteiger partial charge on any atom is -0.472 e. The number of rotatable bonds is 4. The average molecular weight is 375 g/mol. The monoisotopic (exact) mass is 374 g/mol. The number of para-hydroxylation sites is 1. The number of carbonyl (C=O) groups excluding carboxylic acids is 1. The molecule has 1 aromatic carbocycles. The van der Waals surface area contributed by atoms with Crippen LogP contribution in [0.2, 0.25) is 0 Å². The number of piperazine rings is 1. The first-order valence-electron chi connectivity index (χ1n) is 8.71. The molecule has 1 amide bonds. The van der Waals surface area contributed by atoms with Crippen molar-refractivity contribution in [2.24, 2.45) is 0 Å². The third-order valence-electron chi connectivity index (χ3n) is 4.81. The summed E-state index contributed by atoms with van der Waals surface area (Å²) < 4.78 is 5.69. The molecule has 4 rings (SSSR count). The molecule has 1 fully saturated rings. The summed E-state index contributed by atoms with van der Waals surface area (Å²) in [6, 6.07) is 13.5. The quantitative estimate of drug-likeness (QED) is 0.820. The number of aromatic nitrogens is 1. The Kier molecular flexibility index (Phi) is 5.96. The van der Waals surface area contributed by atoms with Crippen LogP contribution in [0.4, 0.5) is 5.82 Å². The van der Waals surface area contributed by atoms with Crippen LogP contribution >= 0.6 is 12.4 Å². The summed E-state index contributed by atoms with van der Waals surface area (Å²) in [5.41, 5.74) is 0.661. The van der Waals surface area contributed by atoms with Gasteiger partial charge in [0.2, 0.25) is 0 Å². The molecule has 1 saturated heterocycles. The molecule has 2 aliphatic heterocycles. The van der Waals surface area contributed by atoms with Crippen LogP contribution in [0, 0.1) is 0 Å². The van der Waals surface area contributed by atoms with Gasteiger partial charge >= 0.3 is 0 Å². The van der Waals surface area contributed by atoms with Crippen molar-refractivity contribution in [1.29, 1.82) is 0 Å². The van der Waals surface area contributed by atoms with Gasteiger partial charge in [-0.25, -0.2) is 4.98 Å². The number of amides is 1. The Hall–Kier alpha value is -2.31. The summed E-state index contributed by atoms with van der Waals surface area (Å²) in [4.78, 5) is 23.4. The lowest BCUT2D eigenvalue weighted by Gasteiger charge is -2.37. The van der Waals surface area contributed by atoms with Gasteiger partial charge < -0.3 is 14.5 Å². The number of hydrogen-bond donors (Lipinski definition) is 0. The maximum absolute atomic E-state index is 12.5. The van der Waals surface area contributed by atoms with E-state index in [1.54, 1.807) is 4.90 Å². The molecule has 1 aromatic heterocycles. The summed E-state index contributed by atoms with van der Waals surface area (Å²) in [7, 11) is 0. The molecule has 0 saturated carbocycles. The SMILES string of the molecule is Cl.O=C1c2ccccc2OCN1CCN1CCN(c2ccccn2)CC1. The highest BCUT2D eigenvalue weighted by atomic mass is 35.5. The van der Waals surface area contributed by atoms with Gasteiger partial charge in [-0.3, -0.25) is 9.69 Å². The van der Waals surface area contributed by atoms with E-state index in [-0.39, 0.29) is 18.3 Å². The molecule has 7 heteroatoms. The van der Waals surface area contributed by atoms with Crippen LogP contribution in [-0.4, -0.2) is 66.7 Å². The molecule has 0 unspecified atom stereocenters. The van der Waals surface area contributed by atoms with Crippen molar-refractivity contribution in [2.45, 2.75) is 0 Å². The van der Waals surface area contributed by atoms with Crippen molar-refractivity contribution in [3.8, 4) is 5.75 Å². The fourth-order valence-electron chi connectivity index (χ4n) is 3.32. The summed E-state index contributed by atoms with van der Waals surface area (Å²) in [5.74, 6) is 1.79. The van der Waals surface area contributed by atoms with Crippen LogP contribution in [0.25, 0.3) is 0 Å². The summed E-state index contributed by atoms with van der Waals surface area (Å²) in [5, 5.41) is 0. The van der Waals surface area contributed by atoms with Gasteiger partial charge in [0.05, 0.1) is 5.56 Å². The fraction of sp³-hybridized carbons (Fsp3) is 0.368. The van der Waals surface area contributed by atoms with Gasteiger partial charge in [-0.15, -0.1) is 12.4 Å². The van der Waals surface area contributed by atoms with Crippen molar-refractivity contribution in [2.75, 3.05) is 50.9 Å². The Morgan fingerprint density at radius 3 is 2.50 bits per heavy atom. The topological polar surface area (TPSA) is 48.9 Å². The highest BCUT2D eigenvalue weighted by molar-refractivity contribution is 5.97. The zero-order valence-electron chi connectivity index (χ0n) is 14.6. The van der Waals surface area contributed by atoms with Gasteiger partial charge in [-0.2, -0.15) is 0 Å². The van der Waals surface area contributed by atoms with Gasteiger partial charge in [0.15, 0.2) is 6.73 Å². The number of hydrogen-bond acceptors (Lipinski definition) is 5. The fourth-order valence-corrected chi connectivity index (χ4v) is 3.32. The number of benzene rings is 1. The maximum Gasteiger partial charge on any atom is 0.260 e. The molecule has 2 aromatic rings. The second-order valence-electron chi connectivity index (χ2n) is 6.35. The Bertz CT molecular complexity index is 735. The number of fused-ring (bicyclic) bond motifs is 1. The molecule has 0 bridgehead atoms. The minimum absolute atomic E-state index is 0. The largest absolute Gasteiger partial charge is 0.472 e. The van der Waals surface area contributed by atoms with Crippen LogP contribution in [0.5, 0.6) is 5.75 Å². The Labute approximate surface area is 159 Å². The standard InChI is InChI=1S/C19H22N4O2.ClH/c24-19-16-5-1-2-6-17(16)25-15-23(19)14-11-21-9-12-22(13-10-21)18-7-3-4-8-20-18;/h1-8H,9-15H2;1H. The molecule has 0 spiro atoms. The smallest absolute Gasteiger partial charge is 0.260 e. The Morgan fingerprint density at radius 1 is 0.962 bits per heavy atom. The highest BCUT2D eigenvalue weighted by Gasteiger charge is 2.26. The molecule has 26 heavy (non-hydrogen) atoms. The second kappa shape index (κ2) is 8.38. The van der Waals surface area contributed by atoms with E-state index < -0.39 is 0 Å². The van der Waals surface area contributed by atoms with E-state index in [0.717, 1.165) is 38.5 Å². The van der Waals surface area contributed by atoms with E-state index in [1.807, 2.05) is 42.6 Å². The van der Waals surface area contributed by atoms with Crippen molar-refractivity contribution in [3.63, 3.8) is 0 Å². The van der Waals surface area contributed by atoms with Crippen LogP contribution in [0.15, 0.2) is 48.7 Å². The molecule has 3 heterocycles. The summed E-state index contributed by atoms with van der Waals surface area (Å²) in [6.07, 6.45) is 1.83. The third-order valence-corrected chi connectivity index (χ3v) is 4.81. The van der Waals surface area contributed by atoms with E-state index >= 15 is 0 Å². The zero-order valence-corrected chi connectivity index (χ0v) is 15.4. The first kappa shape index (κ1) is 18.5. The molecular formula is C19H23ClN4O2. The third kappa shape index (κ3) is 3.92. The van der Waals surface area contributed by atoms with E-state index in [1.165, 1.54) is 0 Å². The number of anilines is 1. The summed E-state index contributed by atoms with van der Waals surface area (Å²) >= 11 is 0. The number of pyridine rings is 1. The van der Waals surface area contributed by atoms with Crippen molar-refractivity contribution >= 4 is 24.1 Å².